The van der Waals surface area contributed by atoms with Crippen molar-refractivity contribution in [1.29, 1.82) is 0 Å². The first-order valence-electron chi connectivity index (χ1n) is 8.50. The summed E-state index contributed by atoms with van der Waals surface area (Å²) < 4.78 is 16.2. The van der Waals surface area contributed by atoms with Crippen LogP contribution in [0.5, 0.6) is 17.2 Å². The summed E-state index contributed by atoms with van der Waals surface area (Å²) >= 11 is 0. The molecule has 0 aliphatic rings. The van der Waals surface area contributed by atoms with Crippen LogP contribution in [0.4, 0.5) is 5.69 Å². The van der Waals surface area contributed by atoms with E-state index in [1.165, 1.54) is 0 Å². The highest BCUT2D eigenvalue weighted by atomic mass is 16.5. The predicted octanol–water partition coefficient (Wildman–Crippen LogP) is 3.22. The maximum Gasteiger partial charge on any atom is 0.238 e. The number of anilines is 1. The highest BCUT2D eigenvalue weighted by Gasteiger charge is 2.09. The largest absolute Gasteiger partial charge is 0.493 e. The molecule has 0 aliphatic heterocycles. The molecule has 26 heavy (non-hydrogen) atoms. The molecule has 1 amide bonds. The van der Waals surface area contributed by atoms with Gasteiger partial charge < -0.3 is 24.8 Å². The normalized spacial score (nSPS) is 10.5. The first-order valence-corrected chi connectivity index (χ1v) is 8.50. The van der Waals surface area contributed by atoms with Gasteiger partial charge in [-0.1, -0.05) is 18.2 Å². The second-order valence-corrected chi connectivity index (χ2v) is 6.00. The van der Waals surface area contributed by atoms with Crippen molar-refractivity contribution in [3.05, 3.63) is 48.0 Å². The lowest BCUT2D eigenvalue weighted by Gasteiger charge is -2.15. The number of rotatable bonds is 9. The molecule has 0 aliphatic carbocycles. The molecule has 0 atom stereocenters. The molecule has 6 heteroatoms. The van der Waals surface area contributed by atoms with Gasteiger partial charge in [0.25, 0.3) is 0 Å². The molecule has 0 radical (unpaired) electrons. The van der Waals surface area contributed by atoms with Crippen LogP contribution < -0.4 is 24.8 Å². The van der Waals surface area contributed by atoms with Gasteiger partial charge in [-0.15, -0.1) is 0 Å². The molecule has 140 valence electrons. The van der Waals surface area contributed by atoms with Crippen LogP contribution >= 0.6 is 0 Å². The molecule has 6 nitrogen and oxygen atoms in total. The molecular weight excluding hydrogens is 332 g/mol. The summed E-state index contributed by atoms with van der Waals surface area (Å²) in [5.74, 6) is 1.87. The lowest BCUT2D eigenvalue weighted by atomic mass is 10.2. The highest BCUT2D eigenvalue weighted by Crippen LogP contribution is 2.27. The number of amides is 1. The van der Waals surface area contributed by atoms with Crippen LogP contribution in [0.3, 0.4) is 0 Å². The van der Waals surface area contributed by atoms with E-state index in [9.17, 15) is 4.79 Å². The second kappa shape index (κ2) is 9.68. The molecule has 2 rings (SSSR count). The molecule has 0 fully saturated rings. The van der Waals surface area contributed by atoms with Crippen molar-refractivity contribution >= 4 is 11.6 Å². The average molecular weight is 358 g/mol. The van der Waals surface area contributed by atoms with Crippen LogP contribution in [0, 0.1) is 0 Å². The molecule has 0 bridgehead atoms. The minimum absolute atomic E-state index is 0.0382. The fourth-order valence-corrected chi connectivity index (χ4v) is 2.43. The Bertz CT molecular complexity index is 732. The third-order valence-electron chi connectivity index (χ3n) is 3.59. The van der Waals surface area contributed by atoms with Crippen molar-refractivity contribution in [2.75, 3.05) is 26.1 Å². The number of methoxy groups -OCH3 is 2. The molecule has 0 heterocycles. The predicted molar refractivity (Wildman–Crippen MR) is 102 cm³/mol. The van der Waals surface area contributed by atoms with Crippen molar-refractivity contribution < 1.29 is 19.0 Å². The Labute approximate surface area is 154 Å². The SMILES string of the molecule is COc1ccc(CNCC(=O)Nc2ccccc2OC(C)C)cc1OC. The first kappa shape index (κ1) is 19.6. The van der Waals surface area contributed by atoms with Gasteiger partial charge in [-0.25, -0.2) is 0 Å². The van der Waals surface area contributed by atoms with Gasteiger partial charge in [0.1, 0.15) is 5.75 Å². The van der Waals surface area contributed by atoms with Crippen LogP contribution in [0.1, 0.15) is 19.4 Å². The van der Waals surface area contributed by atoms with Gasteiger partial charge in [0, 0.05) is 6.54 Å². The Balaban J connectivity index is 1.88. The van der Waals surface area contributed by atoms with Gasteiger partial charge in [-0.3, -0.25) is 4.79 Å². The fraction of sp³-hybridized carbons (Fsp3) is 0.350. The van der Waals surface area contributed by atoms with Crippen LogP contribution in [-0.4, -0.2) is 32.8 Å². The van der Waals surface area contributed by atoms with Gasteiger partial charge in [-0.05, 0) is 43.7 Å². The monoisotopic (exact) mass is 358 g/mol. The van der Waals surface area contributed by atoms with Crippen molar-refractivity contribution in [3.8, 4) is 17.2 Å². The van der Waals surface area contributed by atoms with Crippen LogP contribution in [0.25, 0.3) is 0 Å². The van der Waals surface area contributed by atoms with Crippen molar-refractivity contribution in [1.82, 2.24) is 5.32 Å². The topological polar surface area (TPSA) is 68.8 Å². The molecule has 2 aromatic carbocycles. The number of benzene rings is 2. The van der Waals surface area contributed by atoms with Crippen LogP contribution in [-0.2, 0) is 11.3 Å². The summed E-state index contributed by atoms with van der Waals surface area (Å²) in [5, 5.41) is 5.99. The van der Waals surface area contributed by atoms with Gasteiger partial charge in [-0.2, -0.15) is 0 Å². The number of nitrogens with one attached hydrogen (secondary N) is 2. The van der Waals surface area contributed by atoms with E-state index >= 15 is 0 Å². The number of hydrogen-bond donors (Lipinski definition) is 2. The van der Waals surface area contributed by atoms with Crippen molar-refractivity contribution in [2.24, 2.45) is 0 Å². The molecule has 0 saturated heterocycles. The van der Waals surface area contributed by atoms with Crippen molar-refractivity contribution in [2.45, 2.75) is 26.5 Å². The zero-order chi connectivity index (χ0) is 18.9. The Kier molecular flexibility index (Phi) is 7.29. The summed E-state index contributed by atoms with van der Waals surface area (Å²) in [6.45, 7) is 4.62. The van der Waals surface area contributed by atoms with E-state index in [0.29, 0.717) is 29.5 Å². The fourth-order valence-electron chi connectivity index (χ4n) is 2.43. The third-order valence-corrected chi connectivity index (χ3v) is 3.59. The lowest BCUT2D eigenvalue weighted by molar-refractivity contribution is -0.115. The molecule has 0 saturated carbocycles. The minimum Gasteiger partial charge on any atom is -0.493 e. The van der Waals surface area contributed by atoms with E-state index in [1.807, 2.05) is 56.3 Å². The molecule has 0 spiro atoms. The van der Waals surface area contributed by atoms with Gasteiger partial charge in [0.05, 0.1) is 32.6 Å². The summed E-state index contributed by atoms with van der Waals surface area (Å²) in [6.07, 6.45) is 0.0382. The smallest absolute Gasteiger partial charge is 0.238 e. The standard InChI is InChI=1S/C20H26N2O4/c1-14(2)26-17-8-6-5-7-16(17)22-20(23)13-21-12-15-9-10-18(24-3)19(11-15)25-4/h5-11,14,21H,12-13H2,1-4H3,(H,22,23). The average Bonchev–Trinajstić information content (AvgIpc) is 2.62. The number of hydrogen-bond acceptors (Lipinski definition) is 5. The van der Waals surface area contributed by atoms with Crippen LogP contribution in [0.15, 0.2) is 42.5 Å². The molecular formula is C20H26N2O4. The Morgan fingerprint density at radius 2 is 1.73 bits per heavy atom. The summed E-state index contributed by atoms with van der Waals surface area (Å²) in [7, 11) is 3.19. The van der Waals surface area contributed by atoms with E-state index in [4.69, 9.17) is 14.2 Å². The van der Waals surface area contributed by atoms with E-state index in [1.54, 1.807) is 14.2 Å². The summed E-state index contributed by atoms with van der Waals surface area (Å²) in [4.78, 5) is 12.2. The lowest BCUT2D eigenvalue weighted by Crippen LogP contribution is -2.28. The van der Waals surface area contributed by atoms with E-state index in [0.717, 1.165) is 5.56 Å². The van der Waals surface area contributed by atoms with Gasteiger partial charge in [0.2, 0.25) is 5.91 Å². The van der Waals surface area contributed by atoms with Crippen LogP contribution in [0.2, 0.25) is 0 Å². The number of carbonyl (C=O) groups is 1. The Hall–Kier alpha value is -2.73. The van der Waals surface area contributed by atoms with Crippen molar-refractivity contribution in [3.63, 3.8) is 0 Å². The van der Waals surface area contributed by atoms with E-state index in [2.05, 4.69) is 10.6 Å². The molecule has 0 unspecified atom stereocenters. The number of para-hydroxylation sites is 2. The van der Waals surface area contributed by atoms with Gasteiger partial charge >= 0.3 is 0 Å². The van der Waals surface area contributed by atoms with Gasteiger partial charge in [0.15, 0.2) is 11.5 Å². The second-order valence-electron chi connectivity index (χ2n) is 6.00. The first-order chi connectivity index (χ1) is 12.5. The maximum absolute atomic E-state index is 12.2. The number of ether oxygens (including phenoxy) is 3. The van der Waals surface area contributed by atoms with E-state index in [-0.39, 0.29) is 18.6 Å². The molecule has 2 aromatic rings. The zero-order valence-electron chi connectivity index (χ0n) is 15.7. The summed E-state index contributed by atoms with van der Waals surface area (Å²) in [5.41, 5.74) is 1.66. The molecule has 2 N–H and O–H groups in total. The number of carbonyl (C=O) groups excluding carboxylic acids is 1. The maximum atomic E-state index is 12.2. The zero-order valence-corrected chi connectivity index (χ0v) is 15.7. The third kappa shape index (κ3) is 5.67. The highest BCUT2D eigenvalue weighted by molar-refractivity contribution is 5.93. The Morgan fingerprint density at radius 1 is 1.00 bits per heavy atom. The minimum atomic E-state index is -0.134. The van der Waals surface area contributed by atoms with E-state index < -0.39 is 0 Å². The quantitative estimate of drug-likeness (QED) is 0.720. The Morgan fingerprint density at radius 3 is 2.42 bits per heavy atom. The molecule has 0 aromatic heterocycles. The summed E-state index contributed by atoms with van der Waals surface area (Å²) in [6, 6.07) is 13.1.